The third-order valence-electron chi connectivity index (χ3n) is 3.40. The Bertz CT molecular complexity index is 878. The number of carbonyl (C=O) groups excluding carboxylic acids is 1. The molecule has 2 N–H and O–H groups in total. The summed E-state index contributed by atoms with van der Waals surface area (Å²) in [6, 6.07) is 5.05. The van der Waals surface area contributed by atoms with Gasteiger partial charge in [-0.25, -0.2) is 14.3 Å². The molecule has 24 heavy (non-hydrogen) atoms. The van der Waals surface area contributed by atoms with Crippen molar-refractivity contribution in [1.29, 1.82) is 0 Å². The first-order valence-electron chi connectivity index (χ1n) is 7.40. The highest BCUT2D eigenvalue weighted by Crippen LogP contribution is 2.28. The molecule has 0 bridgehead atoms. The van der Waals surface area contributed by atoms with E-state index in [1.54, 1.807) is 45.4 Å². The van der Waals surface area contributed by atoms with Gasteiger partial charge in [0.1, 0.15) is 11.2 Å². The molecular formula is C16H17BN2O5. The summed E-state index contributed by atoms with van der Waals surface area (Å²) in [5.41, 5.74) is 1.10. The minimum Gasteiger partial charge on any atom is -0.472 e. The van der Waals surface area contributed by atoms with Crippen LogP contribution in [0, 0.1) is 0 Å². The number of ether oxygens (including phenoxy) is 1. The van der Waals surface area contributed by atoms with Crippen LogP contribution >= 0.6 is 0 Å². The Morgan fingerprint density at radius 2 is 2.08 bits per heavy atom. The minimum absolute atomic E-state index is 0.0114. The standard InChI is InChI=1S/C16H17BN2O5/c1-16(2,3)24-15(20)19-13(17(21)22)8-12-11(4-6-18-14(12)19)10-5-7-23-9-10/h4-9,21-22H,1-3H3. The average molecular weight is 328 g/mol. The lowest BCUT2D eigenvalue weighted by Crippen LogP contribution is -2.41. The van der Waals surface area contributed by atoms with Crippen molar-refractivity contribution in [3.8, 4) is 11.1 Å². The number of furan rings is 1. The molecule has 0 saturated heterocycles. The molecule has 0 aromatic carbocycles. The summed E-state index contributed by atoms with van der Waals surface area (Å²) in [5.74, 6) is 0. The number of hydrogen-bond acceptors (Lipinski definition) is 6. The minimum atomic E-state index is -1.84. The summed E-state index contributed by atoms with van der Waals surface area (Å²) in [5, 5.41) is 19.9. The largest absolute Gasteiger partial charge is 0.506 e. The van der Waals surface area contributed by atoms with Gasteiger partial charge in [0.05, 0.1) is 18.1 Å². The number of pyridine rings is 1. The van der Waals surface area contributed by atoms with Crippen LogP contribution in [0.4, 0.5) is 4.79 Å². The van der Waals surface area contributed by atoms with E-state index < -0.39 is 18.8 Å². The molecule has 3 heterocycles. The van der Waals surface area contributed by atoms with Gasteiger partial charge in [0.2, 0.25) is 0 Å². The first-order chi connectivity index (χ1) is 11.3. The predicted molar refractivity (Wildman–Crippen MR) is 88.9 cm³/mol. The summed E-state index contributed by atoms with van der Waals surface area (Å²) in [6.45, 7) is 5.20. The van der Waals surface area contributed by atoms with Crippen LogP contribution in [0.2, 0.25) is 0 Å². The van der Waals surface area contributed by atoms with Crippen molar-refractivity contribution in [3.05, 3.63) is 36.9 Å². The summed E-state index contributed by atoms with van der Waals surface area (Å²) in [7, 11) is -1.84. The van der Waals surface area contributed by atoms with E-state index in [0.29, 0.717) is 5.39 Å². The number of rotatable bonds is 2. The molecular weight excluding hydrogens is 311 g/mol. The van der Waals surface area contributed by atoms with Crippen molar-refractivity contribution in [2.24, 2.45) is 0 Å². The molecule has 7 nitrogen and oxygen atoms in total. The van der Waals surface area contributed by atoms with E-state index in [0.717, 1.165) is 15.7 Å². The van der Waals surface area contributed by atoms with Crippen molar-refractivity contribution in [1.82, 2.24) is 9.55 Å². The van der Waals surface area contributed by atoms with Crippen molar-refractivity contribution in [3.63, 3.8) is 0 Å². The number of hydrogen-bond donors (Lipinski definition) is 2. The van der Waals surface area contributed by atoms with Crippen LogP contribution in [-0.2, 0) is 4.74 Å². The highest BCUT2D eigenvalue weighted by atomic mass is 16.6. The molecule has 0 fully saturated rings. The van der Waals surface area contributed by atoms with Gasteiger partial charge in [-0.2, -0.15) is 0 Å². The maximum Gasteiger partial charge on any atom is 0.506 e. The van der Waals surface area contributed by atoms with E-state index in [1.807, 2.05) is 0 Å². The number of aromatic nitrogens is 2. The van der Waals surface area contributed by atoms with Gasteiger partial charge < -0.3 is 19.2 Å². The Balaban J connectivity index is 2.23. The van der Waals surface area contributed by atoms with Crippen LogP contribution in [-0.4, -0.2) is 38.4 Å². The Morgan fingerprint density at radius 1 is 1.33 bits per heavy atom. The molecule has 0 amide bonds. The van der Waals surface area contributed by atoms with E-state index in [1.165, 1.54) is 12.3 Å². The van der Waals surface area contributed by atoms with Crippen LogP contribution in [0.5, 0.6) is 0 Å². The molecule has 0 spiro atoms. The van der Waals surface area contributed by atoms with Crippen LogP contribution in [0.25, 0.3) is 22.2 Å². The fourth-order valence-electron chi connectivity index (χ4n) is 2.48. The molecule has 3 rings (SSSR count). The first-order valence-corrected chi connectivity index (χ1v) is 7.40. The second-order valence-corrected chi connectivity index (χ2v) is 6.37. The van der Waals surface area contributed by atoms with Crippen molar-refractivity contribution < 1.29 is 24.0 Å². The van der Waals surface area contributed by atoms with Gasteiger partial charge in [0, 0.05) is 17.1 Å². The molecule has 0 aliphatic carbocycles. The van der Waals surface area contributed by atoms with Gasteiger partial charge in [-0.3, -0.25) is 0 Å². The van der Waals surface area contributed by atoms with Gasteiger partial charge >= 0.3 is 13.2 Å². The van der Waals surface area contributed by atoms with E-state index >= 15 is 0 Å². The summed E-state index contributed by atoms with van der Waals surface area (Å²) in [4.78, 5) is 16.7. The fraction of sp³-hybridized carbons (Fsp3) is 0.250. The lowest BCUT2D eigenvalue weighted by atomic mass is 9.86. The molecule has 0 aliphatic heterocycles. The highest BCUT2D eigenvalue weighted by Gasteiger charge is 2.28. The van der Waals surface area contributed by atoms with E-state index in [9.17, 15) is 14.8 Å². The second-order valence-electron chi connectivity index (χ2n) is 6.37. The summed E-state index contributed by atoms with van der Waals surface area (Å²) >= 11 is 0. The number of fused-ring (bicyclic) bond motifs is 1. The predicted octanol–water partition coefficient (Wildman–Crippen LogP) is 1.76. The van der Waals surface area contributed by atoms with Crippen molar-refractivity contribution in [2.75, 3.05) is 0 Å². The number of nitrogens with zero attached hydrogens (tertiary/aromatic N) is 2. The Kier molecular flexibility index (Phi) is 3.94. The molecule has 8 heteroatoms. The Hall–Kier alpha value is -2.58. The summed E-state index contributed by atoms with van der Waals surface area (Å²) < 4.78 is 11.5. The van der Waals surface area contributed by atoms with Gasteiger partial charge in [-0.15, -0.1) is 0 Å². The average Bonchev–Trinajstić information content (AvgIpc) is 3.12. The molecule has 0 unspecified atom stereocenters. The van der Waals surface area contributed by atoms with Gasteiger partial charge in [0.15, 0.2) is 0 Å². The van der Waals surface area contributed by atoms with Crippen LogP contribution < -0.4 is 5.59 Å². The Labute approximate surface area is 138 Å². The van der Waals surface area contributed by atoms with Crippen molar-refractivity contribution >= 4 is 29.8 Å². The first kappa shape index (κ1) is 16.3. The maximum atomic E-state index is 12.5. The number of carbonyl (C=O) groups is 1. The van der Waals surface area contributed by atoms with E-state index in [-0.39, 0.29) is 11.2 Å². The normalized spacial score (nSPS) is 11.7. The van der Waals surface area contributed by atoms with E-state index in [2.05, 4.69) is 4.98 Å². The Morgan fingerprint density at radius 3 is 2.67 bits per heavy atom. The SMILES string of the molecule is CC(C)(C)OC(=O)n1c(B(O)O)cc2c(-c3ccoc3)ccnc21. The third-order valence-corrected chi connectivity index (χ3v) is 3.40. The van der Waals surface area contributed by atoms with Gasteiger partial charge in [0.25, 0.3) is 0 Å². The smallest absolute Gasteiger partial charge is 0.472 e. The monoisotopic (exact) mass is 328 g/mol. The van der Waals surface area contributed by atoms with Gasteiger partial charge in [-0.1, -0.05) is 0 Å². The van der Waals surface area contributed by atoms with Crippen LogP contribution in [0.15, 0.2) is 41.3 Å². The molecule has 0 aliphatic rings. The lowest BCUT2D eigenvalue weighted by molar-refractivity contribution is 0.0547. The quantitative estimate of drug-likeness (QED) is 0.696. The highest BCUT2D eigenvalue weighted by molar-refractivity contribution is 6.59. The topological polar surface area (TPSA) is 97.7 Å². The molecule has 0 saturated carbocycles. The van der Waals surface area contributed by atoms with Crippen molar-refractivity contribution in [2.45, 2.75) is 26.4 Å². The summed E-state index contributed by atoms with van der Waals surface area (Å²) in [6.07, 6.45) is 3.92. The molecule has 3 aromatic heterocycles. The zero-order valence-electron chi connectivity index (χ0n) is 13.6. The lowest BCUT2D eigenvalue weighted by Gasteiger charge is -2.20. The zero-order chi connectivity index (χ0) is 17.5. The third kappa shape index (κ3) is 2.93. The second kappa shape index (κ2) is 5.81. The molecule has 3 aromatic rings. The van der Waals surface area contributed by atoms with Crippen LogP contribution in [0.1, 0.15) is 20.8 Å². The molecule has 0 atom stereocenters. The zero-order valence-corrected chi connectivity index (χ0v) is 13.6. The fourth-order valence-corrected chi connectivity index (χ4v) is 2.48. The molecule has 124 valence electrons. The van der Waals surface area contributed by atoms with Crippen LogP contribution in [0.3, 0.4) is 0 Å². The maximum absolute atomic E-state index is 12.5. The van der Waals surface area contributed by atoms with Gasteiger partial charge in [-0.05, 0) is 44.5 Å². The van der Waals surface area contributed by atoms with E-state index in [4.69, 9.17) is 9.15 Å². The molecule has 0 radical (unpaired) electrons.